The van der Waals surface area contributed by atoms with Gasteiger partial charge >= 0.3 is 6.01 Å². The molecular weight excluding hydrogens is 509 g/mol. The van der Waals surface area contributed by atoms with Gasteiger partial charge in [-0.3, -0.25) is 9.88 Å². The first kappa shape index (κ1) is 24.3. The Bertz CT molecular complexity index is 1600. The highest BCUT2D eigenvalue weighted by molar-refractivity contribution is 5.99. The molecule has 0 amide bonds. The molecule has 3 saturated heterocycles. The van der Waals surface area contributed by atoms with E-state index in [1.165, 1.54) is 19.3 Å². The average molecular weight is 542 g/mol. The highest BCUT2D eigenvalue weighted by atomic mass is 19.1. The number of fused-ring (bicyclic) bond motifs is 6. The largest absolute Gasteiger partial charge is 0.508 e. The number of rotatable bonds is 6. The molecule has 3 aliphatic heterocycles. The summed E-state index contributed by atoms with van der Waals surface area (Å²) < 4.78 is 28.3. The standard InChI is InChI=1S/C31H32FN5O3/c32-27-28(25-12-22(38)10-20-3-1-2-4-24(20)25)33-13-26-29(27)34-31(39-8-7-36-16-23-11-21(36)17-40-23)35-30(26)37-14-18-5-6-19(9-18)15-37/h1-4,10,12-13,18-19,21,23,38H,5-9,11,14-17H2/t18?,19?,21?,23-/m0/s1. The molecule has 4 fully saturated rings. The van der Waals surface area contributed by atoms with Crippen molar-refractivity contribution < 1.29 is 19.0 Å². The van der Waals surface area contributed by atoms with Crippen molar-refractivity contribution in [2.45, 2.75) is 37.8 Å². The van der Waals surface area contributed by atoms with Gasteiger partial charge in [-0.15, -0.1) is 0 Å². The maximum absolute atomic E-state index is 16.4. The second-order valence-electron chi connectivity index (χ2n) is 11.9. The Balaban J connectivity index is 1.19. The van der Waals surface area contributed by atoms with E-state index in [4.69, 9.17) is 14.5 Å². The summed E-state index contributed by atoms with van der Waals surface area (Å²) >= 11 is 0. The van der Waals surface area contributed by atoms with Crippen molar-refractivity contribution in [1.29, 1.82) is 0 Å². The molecule has 40 heavy (non-hydrogen) atoms. The normalized spacial score (nSPS) is 25.9. The van der Waals surface area contributed by atoms with Crippen LogP contribution in [0.4, 0.5) is 10.2 Å². The van der Waals surface area contributed by atoms with Crippen LogP contribution in [0.1, 0.15) is 25.7 Å². The van der Waals surface area contributed by atoms with Gasteiger partial charge in [-0.2, -0.15) is 9.97 Å². The summed E-state index contributed by atoms with van der Waals surface area (Å²) in [6, 6.07) is 11.5. The van der Waals surface area contributed by atoms with Gasteiger partial charge < -0.3 is 19.5 Å². The maximum atomic E-state index is 16.4. The van der Waals surface area contributed by atoms with Gasteiger partial charge in [0.25, 0.3) is 0 Å². The summed E-state index contributed by atoms with van der Waals surface area (Å²) in [4.78, 5) is 18.7. The van der Waals surface area contributed by atoms with Crippen LogP contribution in [0, 0.1) is 17.7 Å². The Morgan fingerprint density at radius 1 is 1.02 bits per heavy atom. The predicted octanol–water partition coefficient (Wildman–Crippen LogP) is 4.78. The first-order valence-electron chi connectivity index (χ1n) is 14.4. The minimum atomic E-state index is -0.532. The number of benzene rings is 2. The van der Waals surface area contributed by atoms with Crippen LogP contribution in [0.2, 0.25) is 0 Å². The fourth-order valence-corrected chi connectivity index (χ4v) is 7.39. The van der Waals surface area contributed by atoms with E-state index < -0.39 is 5.82 Å². The maximum Gasteiger partial charge on any atom is 0.319 e. The first-order valence-corrected chi connectivity index (χ1v) is 14.4. The molecule has 206 valence electrons. The van der Waals surface area contributed by atoms with Gasteiger partial charge in [-0.05, 0) is 60.4 Å². The molecule has 8 rings (SSSR count). The number of piperidine rings is 1. The lowest BCUT2D eigenvalue weighted by Crippen LogP contribution is -2.39. The van der Waals surface area contributed by atoms with E-state index in [0.29, 0.717) is 47.4 Å². The molecule has 3 unspecified atom stereocenters. The number of nitrogens with zero attached hydrogens (tertiary/aromatic N) is 5. The number of anilines is 1. The van der Waals surface area contributed by atoms with Crippen LogP contribution in [0.5, 0.6) is 11.8 Å². The molecule has 9 heteroatoms. The number of aromatic nitrogens is 3. The van der Waals surface area contributed by atoms with Crippen molar-refractivity contribution in [3.8, 4) is 23.0 Å². The number of hydrogen-bond donors (Lipinski definition) is 1. The fourth-order valence-electron chi connectivity index (χ4n) is 7.39. The molecule has 1 saturated carbocycles. The van der Waals surface area contributed by atoms with Crippen molar-refractivity contribution in [2.24, 2.45) is 11.8 Å². The van der Waals surface area contributed by atoms with Crippen molar-refractivity contribution >= 4 is 27.5 Å². The van der Waals surface area contributed by atoms with Crippen LogP contribution in [0.3, 0.4) is 0 Å². The second kappa shape index (κ2) is 9.52. The fraction of sp³-hybridized carbons (Fsp3) is 0.452. The van der Waals surface area contributed by atoms with Crippen LogP contribution in [0.15, 0.2) is 42.6 Å². The second-order valence-corrected chi connectivity index (χ2v) is 11.9. The zero-order chi connectivity index (χ0) is 26.8. The number of halogens is 1. The lowest BCUT2D eigenvalue weighted by Gasteiger charge is -2.33. The van der Waals surface area contributed by atoms with Gasteiger partial charge in [-0.25, -0.2) is 4.39 Å². The summed E-state index contributed by atoms with van der Waals surface area (Å²) in [7, 11) is 0. The van der Waals surface area contributed by atoms with E-state index >= 15 is 4.39 Å². The molecule has 4 aromatic rings. The summed E-state index contributed by atoms with van der Waals surface area (Å²) in [5, 5.41) is 12.6. The van der Waals surface area contributed by atoms with Gasteiger partial charge in [0.05, 0.1) is 18.1 Å². The lowest BCUT2D eigenvalue weighted by atomic mass is 9.98. The molecule has 0 spiro atoms. The zero-order valence-corrected chi connectivity index (χ0v) is 22.3. The minimum Gasteiger partial charge on any atom is -0.508 e. The lowest BCUT2D eigenvalue weighted by molar-refractivity contribution is 0.0253. The Morgan fingerprint density at radius 2 is 1.88 bits per heavy atom. The molecule has 2 aromatic carbocycles. The summed E-state index contributed by atoms with van der Waals surface area (Å²) in [5.74, 6) is 1.50. The van der Waals surface area contributed by atoms with Crippen molar-refractivity contribution in [3.05, 3.63) is 48.4 Å². The number of phenolic OH excluding ortho intramolecular Hbond substituents is 1. The number of morpholine rings is 1. The number of ether oxygens (including phenoxy) is 2. The Morgan fingerprint density at radius 3 is 2.67 bits per heavy atom. The van der Waals surface area contributed by atoms with E-state index in [1.54, 1.807) is 18.3 Å². The van der Waals surface area contributed by atoms with E-state index in [9.17, 15) is 5.11 Å². The predicted molar refractivity (Wildman–Crippen MR) is 150 cm³/mol. The number of hydrogen-bond acceptors (Lipinski definition) is 8. The molecule has 1 aliphatic carbocycles. The third-order valence-electron chi connectivity index (χ3n) is 9.28. The molecular formula is C31H32FN5O3. The first-order chi connectivity index (χ1) is 19.6. The monoisotopic (exact) mass is 541 g/mol. The van der Waals surface area contributed by atoms with Gasteiger partial charge in [0.1, 0.15) is 29.4 Å². The van der Waals surface area contributed by atoms with Crippen LogP contribution < -0.4 is 9.64 Å². The van der Waals surface area contributed by atoms with E-state index in [0.717, 1.165) is 50.0 Å². The Kier molecular flexibility index (Phi) is 5.77. The number of pyridine rings is 1. The molecule has 0 radical (unpaired) electrons. The van der Waals surface area contributed by atoms with Gasteiger partial charge in [0.2, 0.25) is 0 Å². The molecule has 4 bridgehead atoms. The number of aromatic hydroxyl groups is 1. The number of phenols is 1. The zero-order valence-electron chi connectivity index (χ0n) is 22.3. The van der Waals surface area contributed by atoms with Crippen LogP contribution in [-0.4, -0.2) is 76.5 Å². The Labute approximate surface area is 231 Å². The van der Waals surface area contributed by atoms with Gasteiger partial charge in [0.15, 0.2) is 5.82 Å². The molecule has 8 nitrogen and oxygen atoms in total. The van der Waals surface area contributed by atoms with E-state index in [2.05, 4.69) is 19.8 Å². The summed E-state index contributed by atoms with van der Waals surface area (Å²) in [6.45, 7) is 4.70. The van der Waals surface area contributed by atoms with Gasteiger partial charge in [0, 0.05) is 44.0 Å². The summed E-state index contributed by atoms with van der Waals surface area (Å²) in [5.41, 5.74) is 0.880. The smallest absolute Gasteiger partial charge is 0.319 e. The van der Waals surface area contributed by atoms with Crippen molar-refractivity contribution in [2.75, 3.05) is 44.3 Å². The Hall–Kier alpha value is -3.56. The van der Waals surface area contributed by atoms with Crippen LogP contribution in [-0.2, 0) is 4.74 Å². The minimum absolute atomic E-state index is 0.0622. The average Bonchev–Trinajstić information content (AvgIpc) is 3.68. The topological polar surface area (TPSA) is 83.8 Å². The SMILES string of the molecule is Oc1cc(-c2ncc3c(N4CC5CCC(C5)C4)nc(OCCN4C[C@@H]5CC4CO5)nc3c2F)c2ccccc2c1. The van der Waals surface area contributed by atoms with Gasteiger partial charge in [-0.1, -0.05) is 24.3 Å². The highest BCUT2D eigenvalue weighted by Crippen LogP contribution is 2.41. The van der Waals surface area contributed by atoms with Crippen molar-refractivity contribution in [3.63, 3.8) is 0 Å². The molecule has 2 aromatic heterocycles. The number of likely N-dealkylation sites (tertiary alicyclic amines) is 1. The van der Waals surface area contributed by atoms with Crippen LogP contribution >= 0.6 is 0 Å². The third-order valence-corrected chi connectivity index (χ3v) is 9.28. The van der Waals surface area contributed by atoms with Crippen LogP contribution in [0.25, 0.3) is 32.9 Å². The summed E-state index contributed by atoms with van der Waals surface area (Å²) in [6.07, 6.45) is 6.82. The van der Waals surface area contributed by atoms with Crippen molar-refractivity contribution in [1.82, 2.24) is 19.9 Å². The highest BCUT2D eigenvalue weighted by Gasteiger charge is 2.39. The molecule has 5 heterocycles. The quantitative estimate of drug-likeness (QED) is 0.374. The van der Waals surface area contributed by atoms with E-state index in [1.807, 2.05) is 24.3 Å². The molecule has 4 atom stereocenters. The molecule has 4 aliphatic rings. The van der Waals surface area contributed by atoms with E-state index in [-0.39, 0.29) is 23.0 Å². The molecule has 1 N–H and O–H groups in total. The third kappa shape index (κ3) is 4.14.